The third-order valence-corrected chi connectivity index (χ3v) is 5.41. The van der Waals surface area contributed by atoms with Gasteiger partial charge in [0.1, 0.15) is 18.1 Å². The van der Waals surface area contributed by atoms with E-state index in [0.717, 1.165) is 56.2 Å². The van der Waals surface area contributed by atoms with E-state index < -0.39 is 0 Å². The molecular weight excluding hydrogens is 354 g/mol. The van der Waals surface area contributed by atoms with Gasteiger partial charge in [0.25, 0.3) is 0 Å². The minimum atomic E-state index is -0.0190. The third-order valence-electron chi connectivity index (χ3n) is 5.41. The second kappa shape index (κ2) is 8.52. The number of nitrogens with one attached hydrogen (secondary N) is 1. The predicted octanol–water partition coefficient (Wildman–Crippen LogP) is 2.53. The van der Waals surface area contributed by atoms with Crippen LogP contribution < -0.4 is 14.8 Å². The lowest BCUT2D eigenvalue weighted by Gasteiger charge is -2.36. The van der Waals surface area contributed by atoms with Crippen LogP contribution in [0.4, 0.5) is 4.79 Å². The molecule has 28 heavy (non-hydrogen) atoms. The molecule has 4 rings (SSSR count). The van der Waals surface area contributed by atoms with Gasteiger partial charge in [-0.2, -0.15) is 0 Å². The SMILES string of the molecule is COc1ccc2c(c1)C[C@H](NC(=O)N1CCN(Cc3ccccc3)CC1)CO2. The van der Waals surface area contributed by atoms with Crippen LogP contribution in [0.2, 0.25) is 0 Å². The maximum absolute atomic E-state index is 12.7. The van der Waals surface area contributed by atoms with E-state index in [4.69, 9.17) is 9.47 Å². The smallest absolute Gasteiger partial charge is 0.317 e. The monoisotopic (exact) mass is 381 g/mol. The Morgan fingerprint density at radius 3 is 2.68 bits per heavy atom. The number of hydrogen-bond donors (Lipinski definition) is 1. The van der Waals surface area contributed by atoms with Gasteiger partial charge in [-0.3, -0.25) is 4.90 Å². The Hall–Kier alpha value is -2.73. The van der Waals surface area contributed by atoms with E-state index in [1.54, 1.807) is 7.11 Å². The summed E-state index contributed by atoms with van der Waals surface area (Å²) in [7, 11) is 1.65. The summed E-state index contributed by atoms with van der Waals surface area (Å²) >= 11 is 0. The summed E-state index contributed by atoms with van der Waals surface area (Å²) in [6.07, 6.45) is 0.756. The minimum Gasteiger partial charge on any atom is -0.497 e. The van der Waals surface area contributed by atoms with Crippen molar-refractivity contribution in [1.29, 1.82) is 0 Å². The van der Waals surface area contributed by atoms with Crippen molar-refractivity contribution >= 4 is 6.03 Å². The first-order chi connectivity index (χ1) is 13.7. The molecule has 2 aliphatic rings. The number of benzene rings is 2. The normalized spacial score (nSPS) is 19.5. The van der Waals surface area contributed by atoms with Crippen LogP contribution in [-0.4, -0.2) is 61.8 Å². The number of nitrogens with zero attached hydrogens (tertiary/aromatic N) is 2. The lowest BCUT2D eigenvalue weighted by atomic mass is 10.0. The zero-order valence-electron chi connectivity index (χ0n) is 16.3. The number of carbonyl (C=O) groups excluding carboxylic acids is 1. The number of rotatable bonds is 4. The van der Waals surface area contributed by atoms with E-state index in [0.29, 0.717) is 6.61 Å². The van der Waals surface area contributed by atoms with E-state index in [-0.39, 0.29) is 12.1 Å². The van der Waals surface area contributed by atoms with Crippen LogP contribution in [0.15, 0.2) is 48.5 Å². The second-order valence-electron chi connectivity index (χ2n) is 7.38. The van der Waals surface area contributed by atoms with Gasteiger partial charge in [0.05, 0.1) is 13.2 Å². The highest BCUT2D eigenvalue weighted by atomic mass is 16.5. The topological polar surface area (TPSA) is 54.0 Å². The van der Waals surface area contributed by atoms with E-state index in [2.05, 4.69) is 34.5 Å². The second-order valence-corrected chi connectivity index (χ2v) is 7.38. The fourth-order valence-corrected chi connectivity index (χ4v) is 3.81. The number of methoxy groups -OCH3 is 1. The van der Waals surface area contributed by atoms with E-state index >= 15 is 0 Å². The first kappa shape index (κ1) is 18.6. The molecule has 0 aliphatic carbocycles. The molecule has 1 atom stereocenters. The number of amides is 2. The Kier molecular flexibility index (Phi) is 5.67. The highest BCUT2D eigenvalue weighted by Gasteiger charge is 2.26. The summed E-state index contributed by atoms with van der Waals surface area (Å²) in [4.78, 5) is 17.0. The molecule has 0 unspecified atom stereocenters. The van der Waals surface area contributed by atoms with Gasteiger partial charge in [0.15, 0.2) is 0 Å². The Morgan fingerprint density at radius 1 is 1.14 bits per heavy atom. The van der Waals surface area contributed by atoms with Crippen LogP contribution in [0.3, 0.4) is 0 Å². The van der Waals surface area contributed by atoms with Crippen molar-refractivity contribution in [3.05, 3.63) is 59.7 Å². The van der Waals surface area contributed by atoms with Gasteiger partial charge in [-0.05, 0) is 35.7 Å². The van der Waals surface area contributed by atoms with Crippen LogP contribution in [0.25, 0.3) is 0 Å². The van der Waals surface area contributed by atoms with Crippen molar-refractivity contribution in [3.63, 3.8) is 0 Å². The third kappa shape index (κ3) is 4.39. The molecule has 1 saturated heterocycles. The zero-order chi connectivity index (χ0) is 19.3. The molecule has 1 fully saturated rings. The van der Waals surface area contributed by atoms with Gasteiger partial charge in [0.2, 0.25) is 0 Å². The molecule has 0 spiro atoms. The molecule has 148 valence electrons. The molecule has 6 nitrogen and oxygen atoms in total. The molecule has 2 amide bonds. The Morgan fingerprint density at radius 2 is 1.93 bits per heavy atom. The number of carbonyl (C=O) groups is 1. The summed E-state index contributed by atoms with van der Waals surface area (Å²) in [6, 6.07) is 16.3. The van der Waals surface area contributed by atoms with Crippen LogP contribution in [-0.2, 0) is 13.0 Å². The van der Waals surface area contributed by atoms with Gasteiger partial charge in [-0.25, -0.2) is 4.79 Å². The average Bonchev–Trinajstić information content (AvgIpc) is 2.74. The van der Waals surface area contributed by atoms with Crippen molar-refractivity contribution in [2.24, 2.45) is 0 Å². The van der Waals surface area contributed by atoms with Gasteiger partial charge in [0, 0.05) is 32.7 Å². The standard InChI is InChI=1S/C22H27N3O3/c1-27-20-7-8-21-18(14-20)13-19(16-28-21)23-22(26)25-11-9-24(10-12-25)15-17-5-3-2-4-6-17/h2-8,14,19H,9-13,15-16H2,1H3,(H,23,26)/t19-/m0/s1. The lowest BCUT2D eigenvalue weighted by molar-refractivity contribution is 0.129. The minimum absolute atomic E-state index is 0.000641. The van der Waals surface area contributed by atoms with Crippen molar-refractivity contribution in [2.75, 3.05) is 39.9 Å². The van der Waals surface area contributed by atoms with Crippen molar-refractivity contribution in [1.82, 2.24) is 15.1 Å². The number of fused-ring (bicyclic) bond motifs is 1. The molecule has 0 saturated carbocycles. The van der Waals surface area contributed by atoms with Crippen molar-refractivity contribution < 1.29 is 14.3 Å². The number of piperazine rings is 1. The molecule has 2 aromatic rings. The average molecular weight is 381 g/mol. The molecule has 0 radical (unpaired) electrons. The molecular formula is C22H27N3O3. The quantitative estimate of drug-likeness (QED) is 0.884. The Balaban J connectivity index is 1.27. The summed E-state index contributed by atoms with van der Waals surface area (Å²) < 4.78 is 11.1. The van der Waals surface area contributed by atoms with Crippen molar-refractivity contribution in [3.8, 4) is 11.5 Å². The zero-order valence-corrected chi connectivity index (χ0v) is 16.3. The molecule has 2 heterocycles. The fraction of sp³-hybridized carbons (Fsp3) is 0.409. The fourth-order valence-electron chi connectivity index (χ4n) is 3.81. The molecule has 0 aromatic heterocycles. The number of urea groups is 1. The summed E-state index contributed by atoms with van der Waals surface area (Å²) in [5.74, 6) is 1.68. The van der Waals surface area contributed by atoms with E-state index in [1.165, 1.54) is 5.56 Å². The van der Waals surface area contributed by atoms with E-state index in [1.807, 2.05) is 29.2 Å². The maximum Gasteiger partial charge on any atom is 0.317 e. The van der Waals surface area contributed by atoms with Crippen LogP contribution in [0, 0.1) is 0 Å². The summed E-state index contributed by atoms with van der Waals surface area (Å²) in [5.41, 5.74) is 2.39. The largest absolute Gasteiger partial charge is 0.497 e. The van der Waals surface area contributed by atoms with Crippen LogP contribution in [0.1, 0.15) is 11.1 Å². The number of ether oxygens (including phenoxy) is 2. The maximum atomic E-state index is 12.7. The first-order valence-electron chi connectivity index (χ1n) is 9.83. The van der Waals surface area contributed by atoms with Crippen molar-refractivity contribution in [2.45, 2.75) is 19.0 Å². The van der Waals surface area contributed by atoms with Crippen LogP contribution in [0.5, 0.6) is 11.5 Å². The Labute approximate surface area is 166 Å². The molecule has 1 N–H and O–H groups in total. The molecule has 2 aliphatic heterocycles. The molecule has 2 aromatic carbocycles. The molecule has 6 heteroatoms. The summed E-state index contributed by atoms with van der Waals surface area (Å²) in [5, 5.41) is 3.13. The highest BCUT2D eigenvalue weighted by Crippen LogP contribution is 2.28. The first-order valence-corrected chi connectivity index (χ1v) is 9.83. The van der Waals surface area contributed by atoms with Gasteiger partial charge in [-0.15, -0.1) is 0 Å². The highest BCUT2D eigenvalue weighted by molar-refractivity contribution is 5.74. The van der Waals surface area contributed by atoms with Gasteiger partial charge < -0.3 is 19.7 Å². The number of hydrogen-bond acceptors (Lipinski definition) is 4. The summed E-state index contributed by atoms with van der Waals surface area (Å²) in [6.45, 7) is 4.71. The Bertz CT molecular complexity index is 804. The van der Waals surface area contributed by atoms with Crippen LogP contribution >= 0.6 is 0 Å². The van der Waals surface area contributed by atoms with Gasteiger partial charge in [-0.1, -0.05) is 30.3 Å². The van der Waals surface area contributed by atoms with Gasteiger partial charge >= 0.3 is 6.03 Å². The molecule has 0 bridgehead atoms. The van der Waals surface area contributed by atoms with E-state index in [9.17, 15) is 4.79 Å². The predicted molar refractivity (Wildman–Crippen MR) is 108 cm³/mol. The lowest BCUT2D eigenvalue weighted by Crippen LogP contribution is -2.54.